The lowest BCUT2D eigenvalue weighted by molar-refractivity contribution is -0.135. The normalized spacial score (nSPS) is 19.5. The molecule has 1 fully saturated rings. The van der Waals surface area contributed by atoms with Gasteiger partial charge in [-0.3, -0.25) is 9.78 Å². The Hall–Kier alpha value is -1.47. The maximum Gasteiger partial charge on any atom is 0.224 e. The Kier molecular flexibility index (Phi) is 5.30. The zero-order valence-corrected chi connectivity index (χ0v) is 13.0. The molecule has 1 aliphatic rings. The van der Waals surface area contributed by atoms with E-state index in [2.05, 4.69) is 9.71 Å². The van der Waals surface area contributed by atoms with E-state index >= 15 is 0 Å². The van der Waals surface area contributed by atoms with Crippen LogP contribution in [0, 0.1) is 0 Å². The lowest BCUT2D eigenvalue weighted by Crippen LogP contribution is -2.40. The highest BCUT2D eigenvalue weighted by molar-refractivity contribution is 7.88. The minimum Gasteiger partial charge on any atom is -0.334 e. The summed E-state index contributed by atoms with van der Waals surface area (Å²) >= 11 is 0. The topological polar surface area (TPSA) is 79.4 Å². The highest BCUT2D eigenvalue weighted by Crippen LogP contribution is 2.29. The first-order valence-corrected chi connectivity index (χ1v) is 9.01. The maximum absolute atomic E-state index is 12.3. The molecular formula is C14H21N3O3S. The zero-order chi connectivity index (χ0) is 15.3. The largest absolute Gasteiger partial charge is 0.334 e. The molecule has 1 saturated heterocycles. The molecule has 21 heavy (non-hydrogen) atoms. The number of rotatable bonds is 5. The Labute approximate surface area is 125 Å². The number of carbonyl (C=O) groups is 1. The fourth-order valence-electron chi connectivity index (χ4n) is 2.60. The van der Waals surface area contributed by atoms with Crippen LogP contribution in [-0.2, 0) is 14.8 Å². The Balaban J connectivity index is 2.00. The highest BCUT2D eigenvalue weighted by Gasteiger charge is 2.28. The molecule has 7 heteroatoms. The van der Waals surface area contributed by atoms with E-state index in [4.69, 9.17) is 0 Å². The van der Waals surface area contributed by atoms with Crippen LogP contribution in [0.4, 0.5) is 0 Å². The molecule has 1 aliphatic heterocycles. The van der Waals surface area contributed by atoms with Crippen molar-refractivity contribution < 1.29 is 13.2 Å². The second-order valence-corrected chi connectivity index (χ2v) is 7.10. The third-order valence-corrected chi connectivity index (χ3v) is 4.28. The van der Waals surface area contributed by atoms with Crippen LogP contribution in [0.15, 0.2) is 24.4 Å². The van der Waals surface area contributed by atoms with Gasteiger partial charge in [-0.05, 0) is 31.4 Å². The maximum atomic E-state index is 12.3. The van der Waals surface area contributed by atoms with Crippen molar-refractivity contribution in [1.82, 2.24) is 14.6 Å². The van der Waals surface area contributed by atoms with Crippen LogP contribution in [0.2, 0.25) is 0 Å². The standard InChI is InChI=1S/C14H21N3O3S/c1-21(19,20)16-10-8-14(18)17-11-5-3-7-13(17)12-6-2-4-9-15-12/h2,4,6,9,13,16H,3,5,7-8,10-11H2,1H3/t13-/m1/s1. The van der Waals surface area contributed by atoms with Gasteiger partial charge in [-0.15, -0.1) is 0 Å². The van der Waals surface area contributed by atoms with Crippen molar-refractivity contribution in [3.05, 3.63) is 30.1 Å². The zero-order valence-electron chi connectivity index (χ0n) is 12.2. The molecule has 2 rings (SSSR count). The summed E-state index contributed by atoms with van der Waals surface area (Å²) in [7, 11) is -3.25. The third-order valence-electron chi connectivity index (χ3n) is 3.56. The molecule has 1 aromatic heterocycles. The van der Waals surface area contributed by atoms with E-state index in [1.54, 1.807) is 6.20 Å². The Morgan fingerprint density at radius 3 is 2.90 bits per heavy atom. The number of hydrogen-bond acceptors (Lipinski definition) is 4. The van der Waals surface area contributed by atoms with Crippen molar-refractivity contribution in [2.24, 2.45) is 0 Å². The van der Waals surface area contributed by atoms with E-state index in [0.717, 1.165) is 31.2 Å². The number of amides is 1. The number of pyridine rings is 1. The van der Waals surface area contributed by atoms with Gasteiger partial charge in [0.25, 0.3) is 0 Å². The Morgan fingerprint density at radius 2 is 2.24 bits per heavy atom. The van der Waals surface area contributed by atoms with Crippen LogP contribution < -0.4 is 4.72 Å². The molecular weight excluding hydrogens is 290 g/mol. The summed E-state index contributed by atoms with van der Waals surface area (Å²) in [5, 5.41) is 0. The summed E-state index contributed by atoms with van der Waals surface area (Å²) in [6, 6.07) is 5.72. The van der Waals surface area contributed by atoms with E-state index in [-0.39, 0.29) is 24.9 Å². The van der Waals surface area contributed by atoms with Gasteiger partial charge in [0.1, 0.15) is 0 Å². The van der Waals surface area contributed by atoms with Crippen molar-refractivity contribution in [3.8, 4) is 0 Å². The first-order valence-electron chi connectivity index (χ1n) is 7.12. The van der Waals surface area contributed by atoms with E-state index < -0.39 is 10.0 Å². The molecule has 6 nitrogen and oxygen atoms in total. The van der Waals surface area contributed by atoms with Crippen LogP contribution in [0.1, 0.15) is 37.4 Å². The average molecular weight is 311 g/mol. The van der Waals surface area contributed by atoms with Gasteiger partial charge < -0.3 is 4.90 Å². The number of sulfonamides is 1. The first kappa shape index (κ1) is 15.9. The smallest absolute Gasteiger partial charge is 0.224 e. The molecule has 1 atom stereocenters. The summed E-state index contributed by atoms with van der Waals surface area (Å²) in [5.74, 6) is -0.0264. The number of hydrogen-bond donors (Lipinski definition) is 1. The van der Waals surface area contributed by atoms with Gasteiger partial charge in [-0.25, -0.2) is 13.1 Å². The number of aromatic nitrogens is 1. The van der Waals surface area contributed by atoms with Gasteiger partial charge in [0.2, 0.25) is 15.9 Å². The SMILES string of the molecule is CS(=O)(=O)NCCC(=O)N1CCCC[C@@H]1c1ccccn1. The third kappa shape index (κ3) is 4.78. The summed E-state index contributed by atoms with van der Waals surface area (Å²) in [6.07, 6.45) is 5.97. The monoisotopic (exact) mass is 311 g/mol. The molecule has 2 heterocycles. The van der Waals surface area contributed by atoms with E-state index in [1.165, 1.54) is 0 Å². The second kappa shape index (κ2) is 7.00. The van der Waals surface area contributed by atoms with Gasteiger partial charge >= 0.3 is 0 Å². The molecule has 1 N–H and O–H groups in total. The van der Waals surface area contributed by atoms with Crippen LogP contribution >= 0.6 is 0 Å². The van der Waals surface area contributed by atoms with Gasteiger partial charge in [-0.1, -0.05) is 6.07 Å². The molecule has 0 saturated carbocycles. The highest BCUT2D eigenvalue weighted by atomic mass is 32.2. The number of nitrogens with one attached hydrogen (secondary N) is 1. The molecule has 0 bridgehead atoms. The molecule has 0 spiro atoms. The fourth-order valence-corrected chi connectivity index (χ4v) is 3.07. The van der Waals surface area contributed by atoms with Crippen molar-refractivity contribution in [1.29, 1.82) is 0 Å². The van der Waals surface area contributed by atoms with Crippen molar-refractivity contribution in [2.75, 3.05) is 19.3 Å². The number of piperidine rings is 1. The molecule has 0 radical (unpaired) electrons. The molecule has 1 amide bonds. The summed E-state index contributed by atoms with van der Waals surface area (Å²) in [6.45, 7) is 0.849. The molecule has 0 unspecified atom stereocenters. The molecule has 0 aromatic carbocycles. The van der Waals surface area contributed by atoms with Gasteiger partial charge in [0.05, 0.1) is 18.0 Å². The van der Waals surface area contributed by atoms with E-state index in [0.29, 0.717) is 6.54 Å². The van der Waals surface area contributed by atoms with Crippen molar-refractivity contribution in [2.45, 2.75) is 31.7 Å². The van der Waals surface area contributed by atoms with Gasteiger partial charge in [0, 0.05) is 25.7 Å². The quantitative estimate of drug-likeness (QED) is 0.882. The number of nitrogens with zero attached hydrogens (tertiary/aromatic N) is 2. The summed E-state index contributed by atoms with van der Waals surface area (Å²) < 4.78 is 24.4. The second-order valence-electron chi connectivity index (χ2n) is 5.27. The van der Waals surface area contributed by atoms with Crippen molar-refractivity contribution in [3.63, 3.8) is 0 Å². The molecule has 0 aliphatic carbocycles. The average Bonchev–Trinajstić information content (AvgIpc) is 2.47. The van der Waals surface area contributed by atoms with Crippen LogP contribution in [-0.4, -0.2) is 43.6 Å². The number of likely N-dealkylation sites (tertiary alicyclic amines) is 1. The summed E-state index contributed by atoms with van der Waals surface area (Å²) in [5.41, 5.74) is 0.904. The van der Waals surface area contributed by atoms with Crippen LogP contribution in [0.3, 0.4) is 0 Å². The predicted octanol–water partition coefficient (Wildman–Crippen LogP) is 1.07. The predicted molar refractivity (Wildman–Crippen MR) is 80.0 cm³/mol. The van der Waals surface area contributed by atoms with Crippen LogP contribution in [0.5, 0.6) is 0 Å². The fraction of sp³-hybridized carbons (Fsp3) is 0.571. The molecule has 1 aromatic rings. The van der Waals surface area contributed by atoms with Crippen LogP contribution in [0.25, 0.3) is 0 Å². The summed E-state index contributed by atoms with van der Waals surface area (Å²) in [4.78, 5) is 18.5. The first-order chi connectivity index (χ1) is 9.97. The van der Waals surface area contributed by atoms with Crippen molar-refractivity contribution >= 4 is 15.9 Å². The van der Waals surface area contributed by atoms with E-state index in [9.17, 15) is 13.2 Å². The minimum atomic E-state index is -3.25. The van der Waals surface area contributed by atoms with Gasteiger partial charge in [0.15, 0.2) is 0 Å². The lowest BCUT2D eigenvalue weighted by atomic mass is 9.98. The number of carbonyl (C=O) groups excluding carboxylic acids is 1. The lowest BCUT2D eigenvalue weighted by Gasteiger charge is -2.35. The Morgan fingerprint density at radius 1 is 1.43 bits per heavy atom. The van der Waals surface area contributed by atoms with Gasteiger partial charge in [-0.2, -0.15) is 0 Å². The molecule has 116 valence electrons. The minimum absolute atomic E-state index is 0.00526. The Bertz CT molecular complexity index is 574. The van der Waals surface area contributed by atoms with E-state index in [1.807, 2.05) is 23.1 Å².